The van der Waals surface area contributed by atoms with E-state index in [0.717, 1.165) is 6.07 Å². The molecule has 1 aromatic rings. The number of nitrogens with zero attached hydrogens (tertiary/aromatic N) is 1. The second-order valence-corrected chi connectivity index (χ2v) is 3.34. The standard InChI is InChI=1S/C10H12F3N3O3/c1-2-18-9(17)6-3-5(15)8(7(4-14)16-6)19-10(11,12)13/h3H,2,4,14H2,1H3,(H2,15,16). The summed E-state index contributed by atoms with van der Waals surface area (Å²) in [7, 11) is 0. The second kappa shape index (κ2) is 5.74. The van der Waals surface area contributed by atoms with Crippen LogP contribution in [0.4, 0.5) is 18.9 Å². The number of rotatable bonds is 4. The van der Waals surface area contributed by atoms with Crippen LogP contribution in [0.1, 0.15) is 23.1 Å². The summed E-state index contributed by atoms with van der Waals surface area (Å²) in [6, 6.07) is 0.943. The Morgan fingerprint density at radius 3 is 2.58 bits per heavy atom. The average Bonchev–Trinajstić information content (AvgIpc) is 2.30. The number of pyridine rings is 1. The van der Waals surface area contributed by atoms with Gasteiger partial charge < -0.3 is 20.9 Å². The third-order valence-electron chi connectivity index (χ3n) is 1.97. The van der Waals surface area contributed by atoms with Crippen molar-refractivity contribution in [2.45, 2.75) is 19.8 Å². The normalized spacial score (nSPS) is 11.2. The van der Waals surface area contributed by atoms with Crippen LogP contribution < -0.4 is 16.2 Å². The van der Waals surface area contributed by atoms with Gasteiger partial charge in [-0.3, -0.25) is 0 Å². The van der Waals surface area contributed by atoms with Crippen LogP contribution in [0, 0.1) is 0 Å². The largest absolute Gasteiger partial charge is 0.573 e. The molecule has 0 aliphatic heterocycles. The number of alkyl halides is 3. The van der Waals surface area contributed by atoms with Crippen LogP contribution in [0.3, 0.4) is 0 Å². The van der Waals surface area contributed by atoms with E-state index in [2.05, 4.69) is 14.5 Å². The topological polar surface area (TPSA) is 100 Å². The number of halogens is 3. The Labute approximate surface area is 106 Å². The minimum Gasteiger partial charge on any atom is -0.461 e. The Balaban J connectivity index is 3.18. The third kappa shape index (κ3) is 3.98. The van der Waals surface area contributed by atoms with Gasteiger partial charge in [0.2, 0.25) is 0 Å². The van der Waals surface area contributed by atoms with Gasteiger partial charge in [-0.1, -0.05) is 0 Å². The average molecular weight is 279 g/mol. The van der Waals surface area contributed by atoms with Gasteiger partial charge in [0.15, 0.2) is 11.4 Å². The SMILES string of the molecule is CCOC(=O)c1cc(N)c(OC(F)(F)F)c(CN)n1. The summed E-state index contributed by atoms with van der Waals surface area (Å²) >= 11 is 0. The van der Waals surface area contributed by atoms with Crippen LogP contribution in [0.5, 0.6) is 5.75 Å². The van der Waals surface area contributed by atoms with Crippen molar-refractivity contribution in [3.05, 3.63) is 17.5 Å². The molecule has 0 amide bonds. The van der Waals surface area contributed by atoms with E-state index in [0.29, 0.717) is 0 Å². The van der Waals surface area contributed by atoms with Crippen LogP contribution in [-0.4, -0.2) is 23.9 Å². The number of esters is 1. The Hall–Kier alpha value is -2.03. The molecular formula is C10H12F3N3O3. The number of hydrogen-bond donors (Lipinski definition) is 2. The highest BCUT2D eigenvalue weighted by atomic mass is 19.4. The fraction of sp³-hybridized carbons (Fsp3) is 0.400. The molecular weight excluding hydrogens is 267 g/mol. The van der Waals surface area contributed by atoms with E-state index >= 15 is 0 Å². The van der Waals surface area contributed by atoms with Crippen molar-refractivity contribution < 1.29 is 27.4 Å². The van der Waals surface area contributed by atoms with Crippen LogP contribution in [0.2, 0.25) is 0 Å². The molecule has 0 aliphatic rings. The van der Waals surface area contributed by atoms with E-state index in [1.807, 2.05) is 0 Å². The summed E-state index contributed by atoms with van der Waals surface area (Å²) in [5, 5.41) is 0. The van der Waals surface area contributed by atoms with E-state index < -0.39 is 23.8 Å². The van der Waals surface area contributed by atoms with Crippen LogP contribution in [0.15, 0.2) is 6.07 Å². The fourth-order valence-electron chi connectivity index (χ4n) is 1.29. The predicted octanol–water partition coefficient (Wildman–Crippen LogP) is 1.20. The lowest BCUT2D eigenvalue weighted by Gasteiger charge is -2.15. The fourth-order valence-corrected chi connectivity index (χ4v) is 1.29. The number of ether oxygens (including phenoxy) is 2. The van der Waals surface area contributed by atoms with Crippen molar-refractivity contribution in [3.63, 3.8) is 0 Å². The quantitative estimate of drug-likeness (QED) is 0.803. The predicted molar refractivity (Wildman–Crippen MR) is 59.2 cm³/mol. The maximum atomic E-state index is 12.2. The van der Waals surface area contributed by atoms with Gasteiger partial charge in [-0.25, -0.2) is 9.78 Å². The molecule has 0 fully saturated rings. The molecule has 0 saturated heterocycles. The van der Waals surface area contributed by atoms with Gasteiger partial charge in [0.05, 0.1) is 18.0 Å². The van der Waals surface area contributed by atoms with Gasteiger partial charge in [0, 0.05) is 6.54 Å². The van der Waals surface area contributed by atoms with Crippen LogP contribution in [0.25, 0.3) is 0 Å². The molecule has 19 heavy (non-hydrogen) atoms. The van der Waals surface area contributed by atoms with Gasteiger partial charge in [0.1, 0.15) is 0 Å². The van der Waals surface area contributed by atoms with Crippen molar-refractivity contribution in [1.29, 1.82) is 0 Å². The highest BCUT2D eigenvalue weighted by Crippen LogP contribution is 2.31. The van der Waals surface area contributed by atoms with Crippen molar-refractivity contribution in [1.82, 2.24) is 4.98 Å². The summed E-state index contributed by atoms with van der Waals surface area (Å²) < 4.78 is 44.9. The molecule has 9 heteroatoms. The van der Waals surface area contributed by atoms with Gasteiger partial charge in [-0.2, -0.15) is 0 Å². The van der Waals surface area contributed by atoms with Crippen molar-refractivity contribution in [3.8, 4) is 5.75 Å². The monoisotopic (exact) mass is 279 g/mol. The maximum Gasteiger partial charge on any atom is 0.573 e. The molecule has 0 saturated carbocycles. The lowest BCUT2D eigenvalue weighted by atomic mass is 10.2. The van der Waals surface area contributed by atoms with E-state index in [9.17, 15) is 18.0 Å². The minimum atomic E-state index is -4.93. The molecule has 0 aliphatic carbocycles. The molecule has 0 bridgehead atoms. The summed E-state index contributed by atoms with van der Waals surface area (Å²) in [6.45, 7) is 1.30. The number of nitrogens with two attached hydrogens (primary N) is 2. The molecule has 0 aromatic carbocycles. The molecule has 4 N–H and O–H groups in total. The van der Waals surface area contributed by atoms with Gasteiger partial charge in [-0.05, 0) is 13.0 Å². The maximum absolute atomic E-state index is 12.2. The van der Waals surface area contributed by atoms with E-state index in [-0.39, 0.29) is 24.5 Å². The number of carbonyl (C=O) groups excluding carboxylic acids is 1. The van der Waals surface area contributed by atoms with E-state index in [1.54, 1.807) is 6.92 Å². The number of nitrogen functional groups attached to an aromatic ring is 1. The third-order valence-corrected chi connectivity index (χ3v) is 1.97. The lowest BCUT2D eigenvalue weighted by Crippen LogP contribution is -2.21. The lowest BCUT2D eigenvalue weighted by molar-refractivity contribution is -0.274. The molecule has 0 atom stereocenters. The number of aromatic nitrogens is 1. The van der Waals surface area contributed by atoms with Crippen molar-refractivity contribution >= 4 is 11.7 Å². The minimum absolute atomic E-state index is 0.0964. The van der Waals surface area contributed by atoms with E-state index in [1.165, 1.54) is 0 Å². The molecule has 1 heterocycles. The smallest absolute Gasteiger partial charge is 0.461 e. The molecule has 0 unspecified atom stereocenters. The molecule has 6 nitrogen and oxygen atoms in total. The van der Waals surface area contributed by atoms with Gasteiger partial charge in [0.25, 0.3) is 0 Å². The summed E-state index contributed by atoms with van der Waals surface area (Å²) in [5.41, 5.74) is 9.78. The second-order valence-electron chi connectivity index (χ2n) is 3.34. The molecule has 1 aromatic heterocycles. The zero-order valence-electron chi connectivity index (χ0n) is 9.95. The van der Waals surface area contributed by atoms with Gasteiger partial charge >= 0.3 is 12.3 Å². The first-order chi connectivity index (χ1) is 8.78. The summed E-state index contributed by atoms with van der Waals surface area (Å²) in [5.74, 6) is -1.51. The Bertz CT molecular complexity index is 477. The molecule has 0 spiro atoms. The first-order valence-electron chi connectivity index (χ1n) is 5.20. The van der Waals surface area contributed by atoms with Crippen molar-refractivity contribution in [2.75, 3.05) is 12.3 Å². The Morgan fingerprint density at radius 1 is 1.47 bits per heavy atom. The molecule has 0 radical (unpaired) electrons. The summed E-state index contributed by atoms with van der Waals surface area (Å²) in [4.78, 5) is 15.1. The first-order valence-corrected chi connectivity index (χ1v) is 5.20. The summed E-state index contributed by atoms with van der Waals surface area (Å²) in [6.07, 6.45) is -4.93. The van der Waals surface area contributed by atoms with Crippen LogP contribution in [-0.2, 0) is 11.3 Å². The molecule has 106 valence electrons. The molecule has 1 rings (SSSR count). The number of hydrogen-bond acceptors (Lipinski definition) is 6. The highest BCUT2D eigenvalue weighted by Gasteiger charge is 2.33. The van der Waals surface area contributed by atoms with E-state index in [4.69, 9.17) is 11.5 Å². The Morgan fingerprint density at radius 2 is 2.11 bits per heavy atom. The zero-order valence-corrected chi connectivity index (χ0v) is 9.95. The first kappa shape index (κ1) is 15.0. The zero-order chi connectivity index (χ0) is 14.6. The van der Waals surface area contributed by atoms with Crippen molar-refractivity contribution in [2.24, 2.45) is 5.73 Å². The Kier molecular flexibility index (Phi) is 4.54. The highest BCUT2D eigenvalue weighted by molar-refractivity contribution is 5.89. The number of anilines is 1. The number of carbonyl (C=O) groups is 1. The van der Waals surface area contributed by atoms with Gasteiger partial charge in [-0.15, -0.1) is 13.2 Å². The van der Waals surface area contributed by atoms with Crippen LogP contribution >= 0.6 is 0 Å².